The molecule has 0 saturated carbocycles. The van der Waals surface area contributed by atoms with Gasteiger partial charge in [0.2, 0.25) is 5.91 Å². The Morgan fingerprint density at radius 2 is 2.17 bits per heavy atom. The van der Waals surface area contributed by atoms with Gasteiger partial charge in [0.05, 0.1) is 11.5 Å². The second kappa shape index (κ2) is 6.35. The highest BCUT2D eigenvalue weighted by Crippen LogP contribution is 2.23. The first-order valence-corrected chi connectivity index (χ1v) is 6.81. The average molecular weight is 261 g/mol. The summed E-state index contributed by atoms with van der Waals surface area (Å²) >= 11 is 1.45. The molecule has 1 aromatic carbocycles. The summed E-state index contributed by atoms with van der Waals surface area (Å²) in [6.07, 6.45) is 3.54. The standard InChI is InChI=1S/C13H15N3OS/c1-2-6-11-12(17)15-13(18-11)16-14-9-10-7-4-3-5-8-10/h3-5,7-9,11H,2,6H2,1H3,(H,15,16,17)/b14-9-/t11-/m0/s1. The van der Waals surface area contributed by atoms with Crippen molar-refractivity contribution in [3.63, 3.8) is 0 Å². The minimum Gasteiger partial charge on any atom is -0.303 e. The van der Waals surface area contributed by atoms with E-state index in [0.29, 0.717) is 5.17 Å². The largest absolute Gasteiger partial charge is 0.303 e. The van der Waals surface area contributed by atoms with Gasteiger partial charge in [-0.2, -0.15) is 5.10 Å². The van der Waals surface area contributed by atoms with Gasteiger partial charge in [-0.1, -0.05) is 55.4 Å². The van der Waals surface area contributed by atoms with Gasteiger partial charge in [0.25, 0.3) is 0 Å². The third-order valence-electron chi connectivity index (χ3n) is 2.48. The van der Waals surface area contributed by atoms with E-state index >= 15 is 0 Å². The van der Waals surface area contributed by atoms with Crippen molar-refractivity contribution in [3.05, 3.63) is 35.9 Å². The molecule has 94 valence electrons. The van der Waals surface area contributed by atoms with Crippen LogP contribution in [0.5, 0.6) is 0 Å². The van der Waals surface area contributed by atoms with Crippen LogP contribution in [0.3, 0.4) is 0 Å². The van der Waals surface area contributed by atoms with Gasteiger partial charge in [0.1, 0.15) is 0 Å². The Kier molecular flexibility index (Phi) is 4.52. The Morgan fingerprint density at radius 3 is 2.89 bits per heavy atom. The van der Waals surface area contributed by atoms with Crippen molar-refractivity contribution >= 4 is 29.1 Å². The Bertz CT molecular complexity index is 470. The summed E-state index contributed by atoms with van der Waals surface area (Å²) in [5, 5.41) is 11.3. The molecule has 2 rings (SSSR count). The Hall–Kier alpha value is -1.62. The normalized spacial score (nSPS) is 21.7. The van der Waals surface area contributed by atoms with Crippen LogP contribution in [-0.4, -0.2) is 22.5 Å². The van der Waals surface area contributed by atoms with Crippen LogP contribution in [0.1, 0.15) is 25.3 Å². The topological polar surface area (TPSA) is 53.8 Å². The molecule has 1 amide bonds. The summed E-state index contributed by atoms with van der Waals surface area (Å²) in [5.74, 6) is 0.0375. The number of amides is 1. The minimum absolute atomic E-state index is 0.0133. The highest BCUT2D eigenvalue weighted by atomic mass is 32.2. The summed E-state index contributed by atoms with van der Waals surface area (Å²) in [6.45, 7) is 2.07. The number of carbonyl (C=O) groups excluding carboxylic acids is 1. The number of nitrogens with zero attached hydrogens (tertiary/aromatic N) is 2. The fraction of sp³-hybridized carbons (Fsp3) is 0.308. The number of hydrogen-bond acceptors (Lipinski definition) is 4. The molecule has 1 N–H and O–H groups in total. The van der Waals surface area contributed by atoms with E-state index in [1.165, 1.54) is 11.8 Å². The molecular weight excluding hydrogens is 246 g/mol. The van der Waals surface area contributed by atoms with Crippen molar-refractivity contribution < 1.29 is 4.79 Å². The molecule has 1 heterocycles. The molecule has 1 saturated heterocycles. The van der Waals surface area contributed by atoms with Gasteiger partial charge in [0, 0.05) is 0 Å². The number of benzene rings is 1. The first-order valence-electron chi connectivity index (χ1n) is 5.93. The van der Waals surface area contributed by atoms with E-state index in [1.807, 2.05) is 30.3 Å². The average Bonchev–Trinajstić information content (AvgIpc) is 2.72. The molecule has 1 aliphatic rings. The molecule has 5 heteroatoms. The molecule has 1 aromatic rings. The SMILES string of the molecule is CCC[C@@H]1S/C(=N/N=C\c2ccccc2)NC1=O. The van der Waals surface area contributed by atoms with Gasteiger partial charge < -0.3 is 5.32 Å². The first kappa shape index (κ1) is 12.8. The van der Waals surface area contributed by atoms with Gasteiger partial charge in [-0.3, -0.25) is 4.79 Å². The fourth-order valence-electron chi connectivity index (χ4n) is 1.59. The Morgan fingerprint density at radius 1 is 1.39 bits per heavy atom. The molecule has 0 spiro atoms. The number of amidine groups is 1. The lowest BCUT2D eigenvalue weighted by Crippen LogP contribution is -2.24. The van der Waals surface area contributed by atoms with E-state index in [4.69, 9.17) is 0 Å². The molecule has 0 unspecified atom stereocenters. The number of hydrogen-bond donors (Lipinski definition) is 1. The van der Waals surface area contributed by atoms with E-state index in [0.717, 1.165) is 18.4 Å². The maximum absolute atomic E-state index is 11.5. The zero-order valence-electron chi connectivity index (χ0n) is 10.2. The predicted molar refractivity (Wildman–Crippen MR) is 75.9 cm³/mol. The molecule has 0 aromatic heterocycles. The van der Waals surface area contributed by atoms with E-state index in [9.17, 15) is 4.79 Å². The smallest absolute Gasteiger partial charge is 0.239 e. The second-order valence-electron chi connectivity index (χ2n) is 3.94. The minimum atomic E-state index is -0.0133. The number of nitrogens with one attached hydrogen (secondary N) is 1. The van der Waals surface area contributed by atoms with Crippen LogP contribution in [0.2, 0.25) is 0 Å². The van der Waals surface area contributed by atoms with Crippen LogP contribution in [-0.2, 0) is 4.79 Å². The lowest BCUT2D eigenvalue weighted by Gasteiger charge is -1.99. The van der Waals surface area contributed by atoms with Crippen molar-refractivity contribution in [1.82, 2.24) is 5.32 Å². The van der Waals surface area contributed by atoms with Crippen LogP contribution in [0, 0.1) is 0 Å². The first-order chi connectivity index (χ1) is 8.79. The van der Waals surface area contributed by atoms with Crippen LogP contribution in [0.15, 0.2) is 40.5 Å². The summed E-state index contributed by atoms with van der Waals surface area (Å²) < 4.78 is 0. The van der Waals surface area contributed by atoms with E-state index < -0.39 is 0 Å². The predicted octanol–water partition coefficient (Wildman–Crippen LogP) is 2.41. The molecule has 1 aliphatic heterocycles. The van der Waals surface area contributed by atoms with E-state index in [2.05, 4.69) is 22.4 Å². The Balaban J connectivity index is 1.95. The zero-order chi connectivity index (χ0) is 12.8. The fourth-order valence-corrected chi connectivity index (χ4v) is 2.63. The quantitative estimate of drug-likeness (QED) is 0.668. The van der Waals surface area contributed by atoms with Gasteiger partial charge in [-0.15, -0.1) is 5.10 Å². The highest BCUT2D eigenvalue weighted by molar-refractivity contribution is 8.15. The molecule has 18 heavy (non-hydrogen) atoms. The van der Waals surface area contributed by atoms with Crippen molar-refractivity contribution in [2.45, 2.75) is 25.0 Å². The van der Waals surface area contributed by atoms with E-state index in [-0.39, 0.29) is 11.2 Å². The molecule has 0 bridgehead atoms. The van der Waals surface area contributed by atoms with Crippen molar-refractivity contribution in [2.24, 2.45) is 10.2 Å². The van der Waals surface area contributed by atoms with Crippen molar-refractivity contribution in [1.29, 1.82) is 0 Å². The number of thioether (sulfide) groups is 1. The summed E-state index contributed by atoms with van der Waals surface area (Å²) in [6, 6.07) is 9.73. The van der Waals surface area contributed by atoms with Crippen LogP contribution >= 0.6 is 11.8 Å². The van der Waals surface area contributed by atoms with Crippen LogP contribution < -0.4 is 5.32 Å². The highest BCUT2D eigenvalue weighted by Gasteiger charge is 2.29. The van der Waals surface area contributed by atoms with Crippen molar-refractivity contribution in [3.8, 4) is 0 Å². The maximum atomic E-state index is 11.5. The van der Waals surface area contributed by atoms with Crippen LogP contribution in [0.4, 0.5) is 0 Å². The van der Waals surface area contributed by atoms with Gasteiger partial charge >= 0.3 is 0 Å². The molecular formula is C13H15N3OS. The molecule has 4 nitrogen and oxygen atoms in total. The number of rotatable bonds is 4. The summed E-state index contributed by atoms with van der Waals surface area (Å²) in [5.41, 5.74) is 0.987. The third kappa shape index (κ3) is 3.43. The summed E-state index contributed by atoms with van der Waals surface area (Å²) in [4.78, 5) is 11.5. The van der Waals surface area contributed by atoms with Gasteiger partial charge in [0.15, 0.2) is 5.17 Å². The maximum Gasteiger partial charge on any atom is 0.239 e. The second-order valence-corrected chi connectivity index (χ2v) is 5.14. The lowest BCUT2D eigenvalue weighted by molar-refractivity contribution is -0.118. The third-order valence-corrected chi connectivity index (χ3v) is 3.62. The molecule has 1 atom stereocenters. The lowest BCUT2D eigenvalue weighted by atomic mass is 10.2. The van der Waals surface area contributed by atoms with Gasteiger partial charge in [-0.05, 0) is 12.0 Å². The van der Waals surface area contributed by atoms with Crippen LogP contribution in [0.25, 0.3) is 0 Å². The number of carbonyl (C=O) groups is 1. The monoisotopic (exact) mass is 261 g/mol. The molecule has 1 fully saturated rings. The Labute approximate surface area is 111 Å². The van der Waals surface area contributed by atoms with Crippen molar-refractivity contribution in [2.75, 3.05) is 0 Å². The molecule has 0 radical (unpaired) electrons. The van der Waals surface area contributed by atoms with Gasteiger partial charge in [-0.25, -0.2) is 0 Å². The summed E-state index contributed by atoms with van der Waals surface area (Å²) in [7, 11) is 0. The zero-order valence-corrected chi connectivity index (χ0v) is 11.0. The molecule has 0 aliphatic carbocycles. The van der Waals surface area contributed by atoms with E-state index in [1.54, 1.807) is 6.21 Å².